The maximum Gasteiger partial charge on any atom is 0.276 e. The lowest BCUT2D eigenvalue weighted by molar-refractivity contribution is 0.431. The Balaban J connectivity index is 1.47. The third-order valence-corrected chi connectivity index (χ3v) is 4.59. The van der Waals surface area contributed by atoms with Crippen LogP contribution in [0.5, 0.6) is 0 Å². The van der Waals surface area contributed by atoms with E-state index in [1.54, 1.807) is 0 Å². The molecule has 0 fully saturated rings. The molecule has 2 heterocycles. The summed E-state index contributed by atoms with van der Waals surface area (Å²) in [6.45, 7) is 2.05. The Kier molecular flexibility index (Phi) is 3.57. The summed E-state index contributed by atoms with van der Waals surface area (Å²) in [5.74, 6) is 0.983. The minimum atomic E-state index is 0.421. The maximum atomic E-state index is 5.42. The number of fused-ring (bicyclic) bond motifs is 1. The molecule has 5 rings (SSSR count). The molecule has 0 unspecified atom stereocenters. The molecule has 0 radical (unpaired) electrons. The van der Waals surface area contributed by atoms with Gasteiger partial charge in [0.1, 0.15) is 5.69 Å². The van der Waals surface area contributed by atoms with Gasteiger partial charge in [0, 0.05) is 11.1 Å². The Morgan fingerprint density at radius 2 is 1.59 bits per heavy atom. The fourth-order valence-electron chi connectivity index (χ4n) is 3.08. The molecule has 1 N–H and O–H groups in total. The predicted octanol–water partition coefficient (Wildman–Crippen LogP) is 5.26. The van der Waals surface area contributed by atoms with E-state index in [1.165, 1.54) is 16.3 Å². The van der Waals surface area contributed by atoms with Crippen molar-refractivity contribution < 1.29 is 4.52 Å². The van der Waals surface area contributed by atoms with Crippen LogP contribution in [0.3, 0.4) is 0 Å². The second-order valence-corrected chi connectivity index (χ2v) is 6.52. The van der Waals surface area contributed by atoms with Crippen LogP contribution >= 0.6 is 0 Å². The highest BCUT2D eigenvalue weighted by molar-refractivity contribution is 5.87. The zero-order valence-corrected chi connectivity index (χ0v) is 14.7. The third kappa shape index (κ3) is 2.89. The number of nitrogens with zero attached hydrogens (tertiary/aromatic N) is 3. The zero-order chi connectivity index (χ0) is 18.2. The Hall–Kier alpha value is -3.73. The first-order valence-electron chi connectivity index (χ1n) is 8.72. The van der Waals surface area contributed by atoms with Gasteiger partial charge in [0.2, 0.25) is 5.82 Å². The summed E-state index contributed by atoms with van der Waals surface area (Å²) in [5.41, 5.74) is 4.69. The SMILES string of the molecule is Cc1ccc(-c2noc(-c3cc(-c4ccc5ccccc5c4)n[nH]3)n2)cc1. The second kappa shape index (κ2) is 6.21. The van der Waals surface area contributed by atoms with Crippen molar-refractivity contribution in [1.29, 1.82) is 0 Å². The fraction of sp³-hybridized carbons (Fsp3) is 0.0455. The fourth-order valence-corrected chi connectivity index (χ4v) is 3.08. The van der Waals surface area contributed by atoms with E-state index >= 15 is 0 Å². The molecule has 0 bridgehead atoms. The summed E-state index contributed by atoms with van der Waals surface area (Å²) in [4.78, 5) is 4.49. The first-order chi connectivity index (χ1) is 13.3. The van der Waals surface area contributed by atoms with Crippen LogP contribution in [0, 0.1) is 6.92 Å². The number of benzene rings is 3. The topological polar surface area (TPSA) is 67.6 Å². The standard InChI is InChI=1S/C22H16N4O/c1-14-6-8-16(9-7-14)21-23-22(27-26-21)20-13-19(24-25-20)18-11-10-15-4-2-3-5-17(15)12-18/h2-13H,1H3,(H,24,25). The molecule has 130 valence electrons. The van der Waals surface area contributed by atoms with Crippen LogP contribution in [0.25, 0.3) is 45.0 Å². The molecule has 0 atom stereocenters. The molecule has 0 aliphatic rings. The maximum absolute atomic E-state index is 5.42. The van der Waals surface area contributed by atoms with E-state index in [2.05, 4.69) is 50.7 Å². The molecule has 5 heteroatoms. The number of aryl methyl sites for hydroxylation is 1. The molecular formula is C22H16N4O. The third-order valence-electron chi connectivity index (χ3n) is 4.59. The molecule has 0 spiro atoms. The Bertz CT molecular complexity index is 1230. The van der Waals surface area contributed by atoms with Gasteiger partial charge in [0.05, 0.1) is 5.69 Å². The lowest BCUT2D eigenvalue weighted by atomic mass is 10.1. The molecule has 0 amide bonds. The summed E-state index contributed by atoms with van der Waals surface area (Å²) < 4.78 is 5.42. The average molecular weight is 352 g/mol. The molecule has 3 aromatic carbocycles. The summed E-state index contributed by atoms with van der Waals surface area (Å²) in [6, 6.07) is 24.5. The van der Waals surface area contributed by atoms with E-state index in [0.29, 0.717) is 17.4 Å². The normalized spacial score (nSPS) is 11.1. The van der Waals surface area contributed by atoms with Crippen molar-refractivity contribution in [1.82, 2.24) is 20.3 Å². The lowest BCUT2D eigenvalue weighted by Gasteiger charge is -2.00. The quantitative estimate of drug-likeness (QED) is 0.481. The van der Waals surface area contributed by atoms with Gasteiger partial charge in [-0.3, -0.25) is 5.10 Å². The molecule has 0 aliphatic carbocycles. The van der Waals surface area contributed by atoms with Gasteiger partial charge in [-0.15, -0.1) is 0 Å². The zero-order valence-electron chi connectivity index (χ0n) is 14.7. The molecule has 0 saturated carbocycles. The average Bonchev–Trinajstić information content (AvgIpc) is 3.38. The van der Waals surface area contributed by atoms with Gasteiger partial charge >= 0.3 is 0 Å². The molecule has 2 aromatic heterocycles. The van der Waals surface area contributed by atoms with Crippen molar-refractivity contribution in [2.45, 2.75) is 6.92 Å². The van der Waals surface area contributed by atoms with Crippen molar-refractivity contribution in [2.24, 2.45) is 0 Å². The number of aromatic nitrogens is 4. The second-order valence-electron chi connectivity index (χ2n) is 6.52. The van der Waals surface area contributed by atoms with Crippen LogP contribution in [-0.2, 0) is 0 Å². The van der Waals surface area contributed by atoms with Gasteiger partial charge in [0.15, 0.2) is 0 Å². The van der Waals surface area contributed by atoms with Crippen LogP contribution in [0.15, 0.2) is 77.3 Å². The van der Waals surface area contributed by atoms with Crippen LogP contribution in [0.2, 0.25) is 0 Å². The highest BCUT2D eigenvalue weighted by Gasteiger charge is 2.14. The highest BCUT2D eigenvalue weighted by atomic mass is 16.5. The summed E-state index contributed by atoms with van der Waals surface area (Å²) in [6.07, 6.45) is 0. The van der Waals surface area contributed by atoms with Gasteiger partial charge < -0.3 is 4.52 Å². The summed E-state index contributed by atoms with van der Waals surface area (Å²) >= 11 is 0. The Morgan fingerprint density at radius 3 is 2.44 bits per heavy atom. The Labute approximate surface area is 155 Å². The molecular weight excluding hydrogens is 336 g/mol. The van der Waals surface area contributed by atoms with E-state index in [0.717, 1.165) is 16.8 Å². The number of hydrogen-bond donors (Lipinski definition) is 1. The van der Waals surface area contributed by atoms with Crippen LogP contribution in [-0.4, -0.2) is 20.3 Å². The number of rotatable bonds is 3. The molecule has 27 heavy (non-hydrogen) atoms. The van der Waals surface area contributed by atoms with Gasteiger partial charge in [-0.25, -0.2) is 0 Å². The smallest absolute Gasteiger partial charge is 0.276 e. The van der Waals surface area contributed by atoms with Gasteiger partial charge in [-0.2, -0.15) is 10.1 Å². The van der Waals surface area contributed by atoms with Gasteiger partial charge in [-0.05, 0) is 29.8 Å². The number of aromatic amines is 1. The first-order valence-corrected chi connectivity index (χ1v) is 8.72. The van der Waals surface area contributed by atoms with E-state index < -0.39 is 0 Å². The minimum Gasteiger partial charge on any atom is -0.332 e. The van der Waals surface area contributed by atoms with E-state index in [9.17, 15) is 0 Å². The number of hydrogen-bond acceptors (Lipinski definition) is 4. The van der Waals surface area contributed by atoms with Crippen molar-refractivity contribution >= 4 is 10.8 Å². The lowest BCUT2D eigenvalue weighted by Crippen LogP contribution is -1.81. The van der Waals surface area contributed by atoms with Crippen molar-refractivity contribution in [3.05, 3.63) is 78.4 Å². The number of nitrogens with one attached hydrogen (secondary N) is 1. The van der Waals surface area contributed by atoms with Gasteiger partial charge in [-0.1, -0.05) is 71.4 Å². The summed E-state index contributed by atoms with van der Waals surface area (Å²) in [7, 11) is 0. The monoisotopic (exact) mass is 352 g/mol. The highest BCUT2D eigenvalue weighted by Crippen LogP contribution is 2.27. The van der Waals surface area contributed by atoms with E-state index in [-0.39, 0.29) is 0 Å². The first kappa shape index (κ1) is 15.5. The molecule has 0 aliphatic heterocycles. The predicted molar refractivity (Wildman–Crippen MR) is 105 cm³/mol. The van der Waals surface area contributed by atoms with Crippen LogP contribution in [0.1, 0.15) is 5.56 Å². The van der Waals surface area contributed by atoms with E-state index in [1.807, 2.05) is 49.4 Å². The van der Waals surface area contributed by atoms with Crippen LogP contribution < -0.4 is 0 Å². The number of H-pyrrole nitrogens is 1. The minimum absolute atomic E-state index is 0.421. The Morgan fingerprint density at radius 1 is 0.815 bits per heavy atom. The van der Waals surface area contributed by atoms with Crippen LogP contribution in [0.4, 0.5) is 0 Å². The molecule has 5 nitrogen and oxygen atoms in total. The molecule has 5 aromatic rings. The largest absolute Gasteiger partial charge is 0.332 e. The van der Waals surface area contributed by atoms with Gasteiger partial charge in [0.25, 0.3) is 5.89 Å². The van der Waals surface area contributed by atoms with Crippen molar-refractivity contribution in [3.8, 4) is 34.2 Å². The van der Waals surface area contributed by atoms with Crippen molar-refractivity contribution in [3.63, 3.8) is 0 Å². The molecule has 0 saturated heterocycles. The summed E-state index contributed by atoms with van der Waals surface area (Å²) in [5, 5.41) is 13.9. The van der Waals surface area contributed by atoms with E-state index in [4.69, 9.17) is 4.52 Å². The van der Waals surface area contributed by atoms with Crippen molar-refractivity contribution in [2.75, 3.05) is 0 Å².